The maximum Gasteiger partial charge on any atom is 0.120 e. The molecule has 0 amide bonds. The Labute approximate surface area is 109 Å². The molecule has 5 heteroatoms. The molecule has 1 fully saturated rings. The van der Waals surface area contributed by atoms with Crippen molar-refractivity contribution in [1.82, 2.24) is 19.8 Å². The molecule has 2 rings (SSSR count). The van der Waals surface area contributed by atoms with Gasteiger partial charge in [0.05, 0.1) is 19.8 Å². The highest BCUT2D eigenvalue weighted by molar-refractivity contribution is 4.98. The Kier molecular flexibility index (Phi) is 4.74. The first-order chi connectivity index (χ1) is 8.63. The number of aryl methyl sites for hydroxylation is 1. The predicted octanol–water partition coefficient (Wildman–Crippen LogP) is 0.728. The SMILES string of the molecule is Cc1cnc(CN2CCOC[C@@H](CN(C)C)C2)[nH]1. The Morgan fingerprint density at radius 3 is 3.06 bits per heavy atom. The van der Waals surface area contributed by atoms with E-state index in [1.165, 1.54) is 0 Å². The summed E-state index contributed by atoms with van der Waals surface area (Å²) >= 11 is 0. The zero-order valence-electron chi connectivity index (χ0n) is 11.6. The summed E-state index contributed by atoms with van der Waals surface area (Å²) in [5.41, 5.74) is 1.13. The molecule has 1 aliphatic rings. The zero-order valence-corrected chi connectivity index (χ0v) is 11.6. The van der Waals surface area contributed by atoms with Crippen LogP contribution >= 0.6 is 0 Å². The third kappa shape index (κ3) is 4.08. The van der Waals surface area contributed by atoms with Gasteiger partial charge in [0.15, 0.2) is 0 Å². The van der Waals surface area contributed by atoms with Crippen LogP contribution in [0, 0.1) is 12.8 Å². The molecule has 1 atom stereocenters. The predicted molar refractivity (Wildman–Crippen MR) is 71.5 cm³/mol. The molecular weight excluding hydrogens is 228 g/mol. The van der Waals surface area contributed by atoms with Crippen molar-refractivity contribution in [2.24, 2.45) is 5.92 Å². The van der Waals surface area contributed by atoms with Gasteiger partial charge in [0, 0.05) is 37.4 Å². The van der Waals surface area contributed by atoms with Crippen LogP contribution in [0.2, 0.25) is 0 Å². The number of ether oxygens (including phenoxy) is 1. The Morgan fingerprint density at radius 1 is 1.56 bits per heavy atom. The lowest BCUT2D eigenvalue weighted by Crippen LogP contribution is -2.34. The number of rotatable bonds is 4. The molecule has 0 spiro atoms. The van der Waals surface area contributed by atoms with Crippen molar-refractivity contribution < 1.29 is 4.74 Å². The normalized spacial score (nSPS) is 22.3. The third-order valence-electron chi connectivity index (χ3n) is 3.17. The fourth-order valence-corrected chi connectivity index (χ4v) is 2.48. The van der Waals surface area contributed by atoms with E-state index in [9.17, 15) is 0 Å². The number of H-pyrrole nitrogens is 1. The van der Waals surface area contributed by atoms with Gasteiger partial charge in [-0.25, -0.2) is 4.98 Å². The second-order valence-corrected chi connectivity index (χ2v) is 5.45. The van der Waals surface area contributed by atoms with Crippen molar-refractivity contribution in [3.05, 3.63) is 17.7 Å². The van der Waals surface area contributed by atoms with Crippen molar-refractivity contribution in [2.45, 2.75) is 13.5 Å². The quantitative estimate of drug-likeness (QED) is 0.858. The maximum atomic E-state index is 5.68. The van der Waals surface area contributed by atoms with Crippen LogP contribution in [-0.2, 0) is 11.3 Å². The molecule has 2 heterocycles. The highest BCUT2D eigenvalue weighted by atomic mass is 16.5. The van der Waals surface area contributed by atoms with Crippen molar-refractivity contribution in [3.63, 3.8) is 0 Å². The summed E-state index contributed by atoms with van der Waals surface area (Å²) in [5.74, 6) is 1.64. The van der Waals surface area contributed by atoms with Gasteiger partial charge in [0.25, 0.3) is 0 Å². The lowest BCUT2D eigenvalue weighted by molar-refractivity contribution is 0.112. The molecule has 0 saturated carbocycles. The van der Waals surface area contributed by atoms with Crippen LogP contribution < -0.4 is 0 Å². The topological polar surface area (TPSA) is 44.4 Å². The van der Waals surface area contributed by atoms with Gasteiger partial charge in [-0.2, -0.15) is 0 Å². The summed E-state index contributed by atoms with van der Waals surface area (Å²) in [6.45, 7) is 7.77. The van der Waals surface area contributed by atoms with Gasteiger partial charge in [-0.3, -0.25) is 4.90 Å². The van der Waals surface area contributed by atoms with Gasteiger partial charge >= 0.3 is 0 Å². The Morgan fingerprint density at radius 2 is 2.39 bits per heavy atom. The lowest BCUT2D eigenvalue weighted by Gasteiger charge is -2.24. The van der Waals surface area contributed by atoms with Crippen LogP contribution in [0.3, 0.4) is 0 Å². The number of nitrogens with zero attached hydrogens (tertiary/aromatic N) is 3. The highest BCUT2D eigenvalue weighted by Crippen LogP contribution is 2.10. The van der Waals surface area contributed by atoms with Gasteiger partial charge in [-0.1, -0.05) is 0 Å². The molecule has 1 aromatic heterocycles. The molecule has 0 radical (unpaired) electrons. The van der Waals surface area contributed by atoms with E-state index >= 15 is 0 Å². The first-order valence-corrected chi connectivity index (χ1v) is 6.59. The van der Waals surface area contributed by atoms with Gasteiger partial charge in [0.2, 0.25) is 0 Å². The van der Waals surface area contributed by atoms with E-state index in [0.717, 1.165) is 50.9 Å². The summed E-state index contributed by atoms with van der Waals surface area (Å²) in [5, 5.41) is 0. The largest absolute Gasteiger partial charge is 0.380 e. The molecule has 0 unspecified atom stereocenters. The van der Waals surface area contributed by atoms with Crippen LogP contribution in [0.15, 0.2) is 6.20 Å². The molecule has 0 aromatic carbocycles. The number of aromatic nitrogens is 2. The van der Waals surface area contributed by atoms with E-state index in [1.807, 2.05) is 13.1 Å². The molecule has 102 valence electrons. The van der Waals surface area contributed by atoms with E-state index in [4.69, 9.17) is 4.74 Å². The van der Waals surface area contributed by atoms with E-state index in [1.54, 1.807) is 0 Å². The third-order valence-corrected chi connectivity index (χ3v) is 3.17. The Balaban J connectivity index is 1.90. The first-order valence-electron chi connectivity index (χ1n) is 6.59. The number of hydrogen-bond donors (Lipinski definition) is 1. The van der Waals surface area contributed by atoms with E-state index in [-0.39, 0.29) is 0 Å². The zero-order chi connectivity index (χ0) is 13.0. The number of aromatic amines is 1. The standard InChI is InChI=1S/C13H24N4O/c1-11-6-14-13(15-11)9-17-4-5-18-10-12(8-17)7-16(2)3/h6,12H,4-5,7-10H2,1-3H3,(H,14,15)/t12-/m0/s1. The van der Waals surface area contributed by atoms with E-state index < -0.39 is 0 Å². The molecule has 5 nitrogen and oxygen atoms in total. The second kappa shape index (κ2) is 6.31. The molecule has 1 saturated heterocycles. The molecular formula is C13H24N4O. The Hall–Kier alpha value is -0.910. The molecule has 1 aromatic rings. The second-order valence-electron chi connectivity index (χ2n) is 5.45. The van der Waals surface area contributed by atoms with Crippen molar-refractivity contribution in [1.29, 1.82) is 0 Å². The Bertz CT molecular complexity index is 364. The maximum absolute atomic E-state index is 5.68. The fraction of sp³-hybridized carbons (Fsp3) is 0.769. The summed E-state index contributed by atoms with van der Waals surface area (Å²) in [6, 6.07) is 0. The minimum Gasteiger partial charge on any atom is -0.380 e. The van der Waals surface area contributed by atoms with Crippen LogP contribution in [0.4, 0.5) is 0 Å². The molecule has 1 aliphatic heterocycles. The number of hydrogen-bond acceptors (Lipinski definition) is 4. The number of imidazole rings is 1. The summed E-state index contributed by atoms with van der Waals surface area (Å²) < 4.78 is 5.68. The van der Waals surface area contributed by atoms with Gasteiger partial charge in [-0.15, -0.1) is 0 Å². The molecule has 18 heavy (non-hydrogen) atoms. The highest BCUT2D eigenvalue weighted by Gasteiger charge is 2.19. The summed E-state index contributed by atoms with van der Waals surface area (Å²) in [6.07, 6.45) is 1.89. The lowest BCUT2D eigenvalue weighted by atomic mass is 10.1. The molecule has 1 N–H and O–H groups in total. The van der Waals surface area contributed by atoms with Crippen molar-refractivity contribution >= 4 is 0 Å². The first kappa shape index (κ1) is 13.5. The van der Waals surface area contributed by atoms with Crippen molar-refractivity contribution in [3.8, 4) is 0 Å². The average Bonchev–Trinajstić information content (AvgIpc) is 2.56. The number of nitrogens with one attached hydrogen (secondary N) is 1. The fourth-order valence-electron chi connectivity index (χ4n) is 2.48. The average molecular weight is 252 g/mol. The monoisotopic (exact) mass is 252 g/mol. The van der Waals surface area contributed by atoms with Crippen molar-refractivity contribution in [2.75, 3.05) is 46.9 Å². The minimum absolute atomic E-state index is 0.582. The van der Waals surface area contributed by atoms with E-state index in [0.29, 0.717) is 5.92 Å². The van der Waals surface area contributed by atoms with Gasteiger partial charge < -0.3 is 14.6 Å². The van der Waals surface area contributed by atoms with Gasteiger partial charge in [0.1, 0.15) is 5.82 Å². The van der Waals surface area contributed by atoms with Crippen LogP contribution in [-0.4, -0.2) is 66.7 Å². The van der Waals surface area contributed by atoms with Crippen LogP contribution in [0.25, 0.3) is 0 Å². The van der Waals surface area contributed by atoms with E-state index in [2.05, 4.69) is 33.9 Å². The molecule has 0 bridgehead atoms. The molecule has 0 aliphatic carbocycles. The van der Waals surface area contributed by atoms with Crippen LogP contribution in [0.5, 0.6) is 0 Å². The smallest absolute Gasteiger partial charge is 0.120 e. The summed E-state index contributed by atoms with van der Waals surface area (Å²) in [7, 11) is 4.23. The van der Waals surface area contributed by atoms with Crippen LogP contribution in [0.1, 0.15) is 11.5 Å². The van der Waals surface area contributed by atoms with Gasteiger partial charge in [-0.05, 0) is 21.0 Å². The summed E-state index contributed by atoms with van der Waals surface area (Å²) in [4.78, 5) is 12.3. The minimum atomic E-state index is 0.582.